The fourth-order valence-corrected chi connectivity index (χ4v) is 5.36. The summed E-state index contributed by atoms with van der Waals surface area (Å²) in [5.41, 5.74) is -0.795. The number of ether oxygens (including phenoxy) is 1. The van der Waals surface area contributed by atoms with Gasteiger partial charge in [0.25, 0.3) is 11.8 Å². The zero-order chi connectivity index (χ0) is 34.8. The molecule has 4 aliphatic rings. The monoisotopic (exact) mass is 667 g/mol. The zero-order valence-corrected chi connectivity index (χ0v) is 28.3. The van der Waals surface area contributed by atoms with E-state index in [0.717, 1.165) is 26.7 Å². The Bertz CT molecular complexity index is 1370. The summed E-state index contributed by atoms with van der Waals surface area (Å²) in [7, 11) is 4.29. The Hall–Kier alpha value is -3.97. The first-order valence-electron chi connectivity index (χ1n) is 13.8. The van der Waals surface area contributed by atoms with Gasteiger partial charge in [-0.05, 0) is 77.8 Å². The van der Waals surface area contributed by atoms with Gasteiger partial charge in [-0.15, -0.1) is 0 Å². The molecule has 3 aliphatic heterocycles. The predicted molar refractivity (Wildman–Crippen MR) is 166 cm³/mol. The van der Waals surface area contributed by atoms with Gasteiger partial charge in [-0.2, -0.15) is 0 Å². The Kier molecular flexibility index (Phi) is 11.2. The number of carbonyl (C=O) groups excluding carboxylic acids is 7. The number of halogens is 2. The number of likely N-dealkylation sites (N-methyl/N-ethyl adjacent to an activating group) is 2. The highest BCUT2D eigenvalue weighted by Gasteiger charge is 2.76. The summed E-state index contributed by atoms with van der Waals surface area (Å²) in [5.74, 6) is -0.763. The Labute approximate surface area is 272 Å². The summed E-state index contributed by atoms with van der Waals surface area (Å²) in [6.07, 6.45) is 1.43. The molecule has 1 aliphatic carbocycles. The molecule has 0 radical (unpaired) electrons. The normalized spacial score (nSPS) is 26.4. The summed E-state index contributed by atoms with van der Waals surface area (Å²) in [4.78, 5) is 82.5. The van der Waals surface area contributed by atoms with Gasteiger partial charge in [0, 0.05) is 37.2 Å². The third kappa shape index (κ3) is 7.64. The average Bonchev–Trinajstić information content (AvgIpc) is 3.30. The molecule has 0 aromatic heterocycles. The van der Waals surface area contributed by atoms with E-state index in [1.165, 1.54) is 32.0 Å². The van der Waals surface area contributed by atoms with E-state index < -0.39 is 23.8 Å². The molecular weight excluding hydrogens is 629 g/mol. The van der Waals surface area contributed by atoms with Crippen LogP contribution in [0.4, 0.5) is 14.4 Å². The number of nitrogens with zero attached hydrogens (tertiary/aromatic N) is 4. The molecule has 15 heteroatoms. The van der Waals surface area contributed by atoms with Crippen LogP contribution in [0.3, 0.4) is 0 Å². The highest BCUT2D eigenvalue weighted by Crippen LogP contribution is 2.68. The lowest BCUT2D eigenvalue weighted by Gasteiger charge is -2.15. The molecule has 4 fully saturated rings. The summed E-state index contributed by atoms with van der Waals surface area (Å²) in [6, 6.07) is 4.30. The highest BCUT2D eigenvalue weighted by atomic mass is 35.5. The van der Waals surface area contributed by atoms with Crippen LogP contribution in [0.5, 0.6) is 0 Å². The standard InChI is InChI=1S/C8H13N3O3.C8H11NO2.C7H6Cl2.C7H9NO3/c1-5(2)9-7(13)11-4-6(12)10(3)8(11)14;1-7-4-8(7,2)6(11)9(3)5(7)10;1-5-2-6(8)4-7(9)3-5;1-4-7(2)5(9)8(3)6(10)11-7/h5H,4H2,1-3H3,(H,9,13);4H2,1-3H3;2-4H,1H3;4H,1H2,2-3H3. The van der Waals surface area contributed by atoms with Gasteiger partial charge >= 0.3 is 18.2 Å². The Morgan fingerprint density at radius 2 is 1.38 bits per heavy atom. The van der Waals surface area contributed by atoms with Crippen molar-refractivity contribution in [3.8, 4) is 0 Å². The van der Waals surface area contributed by atoms with Gasteiger partial charge in [0.05, 0.1) is 10.8 Å². The van der Waals surface area contributed by atoms with Gasteiger partial charge in [-0.1, -0.05) is 29.8 Å². The Balaban J connectivity index is 0.000000211. The van der Waals surface area contributed by atoms with Crippen LogP contribution in [0.2, 0.25) is 10.0 Å². The number of fused-ring (bicyclic) bond motifs is 1. The van der Waals surface area contributed by atoms with Crippen LogP contribution in [0.25, 0.3) is 0 Å². The molecule has 9 amide bonds. The smallest absolute Gasteiger partial charge is 0.417 e. The molecule has 45 heavy (non-hydrogen) atoms. The summed E-state index contributed by atoms with van der Waals surface area (Å²) in [6.45, 7) is 14.0. The Morgan fingerprint density at radius 1 is 0.889 bits per heavy atom. The molecule has 246 valence electrons. The zero-order valence-electron chi connectivity index (χ0n) is 26.8. The minimum atomic E-state index is -1.16. The first-order chi connectivity index (χ1) is 20.6. The van der Waals surface area contributed by atoms with E-state index in [1.54, 1.807) is 27.0 Å². The largest absolute Gasteiger partial charge is 0.428 e. The number of urea groups is 2. The van der Waals surface area contributed by atoms with Crippen molar-refractivity contribution in [1.29, 1.82) is 0 Å². The van der Waals surface area contributed by atoms with E-state index in [9.17, 15) is 33.6 Å². The first kappa shape index (κ1) is 37.2. The van der Waals surface area contributed by atoms with E-state index in [2.05, 4.69) is 11.9 Å². The van der Waals surface area contributed by atoms with Crippen molar-refractivity contribution < 1.29 is 38.3 Å². The van der Waals surface area contributed by atoms with E-state index in [1.807, 2.05) is 32.9 Å². The SMILES string of the molecule is C=CC1(C)OC(=O)N(C)C1=O.CC(C)NC(=O)N1CC(=O)N(C)C1=O.CN1C(=O)C2(C)CC2(C)C1=O.Cc1cc(Cl)cc(Cl)c1. The van der Waals surface area contributed by atoms with Crippen LogP contribution in [0, 0.1) is 17.8 Å². The molecule has 0 bridgehead atoms. The molecule has 3 heterocycles. The van der Waals surface area contributed by atoms with Gasteiger partial charge in [0.2, 0.25) is 17.4 Å². The summed E-state index contributed by atoms with van der Waals surface area (Å²) < 4.78 is 4.74. The van der Waals surface area contributed by atoms with E-state index >= 15 is 0 Å². The quantitative estimate of drug-likeness (QED) is 0.279. The fourth-order valence-electron chi connectivity index (χ4n) is 4.73. The maximum Gasteiger partial charge on any atom is 0.417 e. The molecule has 3 unspecified atom stereocenters. The maximum atomic E-state index is 11.4. The number of amides is 9. The Morgan fingerprint density at radius 3 is 1.64 bits per heavy atom. The van der Waals surface area contributed by atoms with Crippen molar-refractivity contribution in [1.82, 2.24) is 24.9 Å². The molecule has 3 saturated heterocycles. The number of rotatable bonds is 2. The third-order valence-corrected chi connectivity index (χ3v) is 8.33. The van der Waals surface area contributed by atoms with Gasteiger partial charge in [-0.3, -0.25) is 29.0 Å². The molecule has 1 saturated carbocycles. The van der Waals surface area contributed by atoms with Crippen LogP contribution in [-0.4, -0.2) is 101 Å². The molecule has 3 atom stereocenters. The second-order valence-corrected chi connectivity index (χ2v) is 12.8. The van der Waals surface area contributed by atoms with Crippen molar-refractivity contribution in [2.24, 2.45) is 10.8 Å². The molecule has 5 rings (SSSR count). The third-order valence-electron chi connectivity index (χ3n) is 7.89. The number of carbonyl (C=O) groups is 7. The fraction of sp³-hybridized carbons (Fsp3) is 0.500. The number of hydrogen-bond acceptors (Lipinski definition) is 8. The minimum Gasteiger partial charge on any atom is -0.428 e. The topological polar surface area (TPSA) is 154 Å². The number of hydrogen-bond donors (Lipinski definition) is 1. The van der Waals surface area contributed by atoms with E-state index in [0.29, 0.717) is 10.0 Å². The van der Waals surface area contributed by atoms with E-state index in [4.69, 9.17) is 27.9 Å². The van der Waals surface area contributed by atoms with Gasteiger partial charge in [-0.25, -0.2) is 24.2 Å². The summed E-state index contributed by atoms with van der Waals surface area (Å²) >= 11 is 11.3. The number of imide groups is 4. The second-order valence-electron chi connectivity index (χ2n) is 11.9. The number of nitrogens with one attached hydrogen (secondary N) is 1. The lowest BCUT2D eigenvalue weighted by molar-refractivity contribution is -0.141. The molecule has 1 aromatic carbocycles. The lowest BCUT2D eigenvalue weighted by atomic mass is 10.00. The predicted octanol–water partition coefficient (Wildman–Crippen LogP) is 4.24. The van der Waals surface area contributed by atoms with Crippen molar-refractivity contribution >= 4 is 65.0 Å². The average molecular weight is 669 g/mol. The molecule has 1 N–H and O–H groups in total. The van der Waals surface area contributed by atoms with Gasteiger partial charge < -0.3 is 10.1 Å². The minimum absolute atomic E-state index is 0.00926. The lowest BCUT2D eigenvalue weighted by Crippen LogP contribution is -2.44. The van der Waals surface area contributed by atoms with Crippen LogP contribution in [-0.2, 0) is 23.9 Å². The van der Waals surface area contributed by atoms with Crippen LogP contribution in [0.1, 0.15) is 46.6 Å². The van der Waals surface area contributed by atoms with Gasteiger partial charge in [0.1, 0.15) is 6.54 Å². The first-order valence-corrected chi connectivity index (χ1v) is 14.6. The number of cyclic esters (lactones) is 1. The number of likely N-dealkylation sites (tertiary alicyclic amines) is 1. The van der Waals surface area contributed by atoms with Crippen LogP contribution >= 0.6 is 23.2 Å². The van der Waals surface area contributed by atoms with Crippen molar-refractivity contribution in [2.75, 3.05) is 27.7 Å². The number of aryl methyl sites for hydroxylation is 1. The molecule has 13 nitrogen and oxygen atoms in total. The van der Waals surface area contributed by atoms with Gasteiger partial charge in [0.15, 0.2) is 0 Å². The van der Waals surface area contributed by atoms with Crippen LogP contribution < -0.4 is 5.32 Å². The van der Waals surface area contributed by atoms with Crippen molar-refractivity contribution in [3.05, 3.63) is 46.5 Å². The maximum absolute atomic E-state index is 11.4. The van der Waals surface area contributed by atoms with E-state index in [-0.39, 0.29) is 47.0 Å². The summed E-state index contributed by atoms with van der Waals surface area (Å²) in [5, 5.41) is 3.93. The van der Waals surface area contributed by atoms with Crippen molar-refractivity contribution in [3.63, 3.8) is 0 Å². The second kappa shape index (κ2) is 13.6. The number of benzene rings is 1. The van der Waals surface area contributed by atoms with Crippen LogP contribution in [0.15, 0.2) is 30.9 Å². The van der Waals surface area contributed by atoms with Crippen molar-refractivity contribution in [2.45, 2.75) is 59.6 Å². The highest BCUT2D eigenvalue weighted by molar-refractivity contribution is 6.34. The number of piperidine rings is 1. The molecule has 1 aromatic rings. The molecule has 0 spiro atoms. The molecular formula is C30H39Cl2N5O8.